The molecule has 0 amide bonds. The molecule has 0 aliphatic rings. The molecule has 0 saturated heterocycles. The minimum absolute atomic E-state index is 0.0229. The summed E-state index contributed by atoms with van der Waals surface area (Å²) in [6.45, 7) is 0. The van der Waals surface area contributed by atoms with E-state index in [1.54, 1.807) is 24.3 Å². The summed E-state index contributed by atoms with van der Waals surface area (Å²) < 4.78 is 25.0. The fourth-order valence-electron chi connectivity index (χ4n) is 2.48. The Morgan fingerprint density at radius 2 is 1.88 bits per heavy atom. The van der Waals surface area contributed by atoms with Gasteiger partial charge in [-0.05, 0) is 22.9 Å². The van der Waals surface area contributed by atoms with Crippen molar-refractivity contribution in [2.24, 2.45) is 0 Å². The lowest BCUT2D eigenvalue weighted by Crippen LogP contribution is -2.01. The first kappa shape index (κ1) is 16.3. The van der Waals surface area contributed by atoms with Gasteiger partial charge in [0.1, 0.15) is 11.6 Å². The summed E-state index contributed by atoms with van der Waals surface area (Å²) in [5, 5.41) is 24.6. The Bertz CT molecular complexity index is 913. The zero-order chi connectivity index (χ0) is 18.0. The van der Waals surface area contributed by atoms with Gasteiger partial charge in [0.2, 0.25) is 11.6 Å². The minimum atomic E-state index is -0.808. The van der Waals surface area contributed by atoms with E-state index >= 15 is 0 Å². The molecule has 0 aliphatic heterocycles. The third-order valence-electron chi connectivity index (χ3n) is 3.56. The number of hydrogen-bond acceptors (Lipinski definition) is 7. The number of ether oxygens (including phenoxy) is 2. The van der Waals surface area contributed by atoms with E-state index in [9.17, 15) is 14.5 Å². The summed E-state index contributed by atoms with van der Waals surface area (Å²) in [6.07, 6.45) is 0. The summed E-state index contributed by atoms with van der Waals surface area (Å²) >= 11 is 0. The average molecular weight is 345 g/mol. The first-order chi connectivity index (χ1) is 12.1. The SMILES string of the molecule is COc1ccc(-c2c(F)cc([N+](=O)[O-])c(OC)c2-c2nn[nH]n2)cc1. The topological polar surface area (TPSA) is 116 Å². The quantitative estimate of drug-likeness (QED) is 0.558. The van der Waals surface area contributed by atoms with Crippen molar-refractivity contribution in [2.75, 3.05) is 14.2 Å². The van der Waals surface area contributed by atoms with E-state index in [0.29, 0.717) is 11.3 Å². The van der Waals surface area contributed by atoms with Crippen LogP contribution in [-0.4, -0.2) is 39.8 Å². The van der Waals surface area contributed by atoms with Crippen LogP contribution in [0, 0.1) is 15.9 Å². The predicted octanol–water partition coefficient (Wildman–Crippen LogP) is 2.60. The lowest BCUT2D eigenvalue weighted by atomic mass is 9.96. The molecule has 1 N–H and O–H groups in total. The number of H-pyrrole nitrogens is 1. The number of nitrogens with zero attached hydrogens (tertiary/aromatic N) is 4. The van der Waals surface area contributed by atoms with Gasteiger partial charge >= 0.3 is 5.69 Å². The van der Waals surface area contributed by atoms with Crippen molar-refractivity contribution in [3.63, 3.8) is 0 Å². The first-order valence-corrected chi connectivity index (χ1v) is 7.00. The standard InChI is InChI=1S/C15H12FN5O4/c1-24-9-5-3-8(4-6-9)12-10(16)7-11(21(22)23)14(25-2)13(12)15-17-19-20-18-15/h3-7H,1-2H3,(H,17,18,19,20). The second-order valence-electron chi connectivity index (χ2n) is 4.88. The van der Waals surface area contributed by atoms with Crippen LogP contribution in [0.3, 0.4) is 0 Å². The average Bonchev–Trinajstić information content (AvgIpc) is 3.15. The molecule has 0 radical (unpaired) electrons. The van der Waals surface area contributed by atoms with Crippen LogP contribution in [0.1, 0.15) is 0 Å². The van der Waals surface area contributed by atoms with E-state index in [-0.39, 0.29) is 22.7 Å². The van der Waals surface area contributed by atoms with Gasteiger partial charge in [-0.2, -0.15) is 5.21 Å². The van der Waals surface area contributed by atoms with Gasteiger partial charge in [-0.15, -0.1) is 10.2 Å². The van der Waals surface area contributed by atoms with Crippen LogP contribution in [0.5, 0.6) is 11.5 Å². The van der Waals surface area contributed by atoms with Crippen molar-refractivity contribution in [1.29, 1.82) is 0 Å². The van der Waals surface area contributed by atoms with Crippen LogP contribution in [0.25, 0.3) is 22.5 Å². The monoisotopic (exact) mass is 345 g/mol. The molecule has 1 aromatic heterocycles. The Hall–Kier alpha value is -3.56. The Morgan fingerprint density at radius 3 is 2.40 bits per heavy atom. The lowest BCUT2D eigenvalue weighted by molar-refractivity contribution is -0.385. The van der Waals surface area contributed by atoms with Gasteiger partial charge in [-0.3, -0.25) is 10.1 Å². The number of halogens is 1. The van der Waals surface area contributed by atoms with Gasteiger partial charge in [-0.25, -0.2) is 4.39 Å². The van der Waals surface area contributed by atoms with E-state index in [2.05, 4.69) is 20.6 Å². The molecule has 0 atom stereocenters. The Balaban J connectivity index is 2.35. The van der Waals surface area contributed by atoms with Crippen molar-refractivity contribution >= 4 is 5.69 Å². The third kappa shape index (κ3) is 2.84. The number of aromatic amines is 1. The van der Waals surface area contributed by atoms with Crippen molar-refractivity contribution < 1.29 is 18.8 Å². The van der Waals surface area contributed by atoms with Crippen molar-refractivity contribution in [1.82, 2.24) is 20.6 Å². The predicted molar refractivity (Wildman–Crippen MR) is 84.8 cm³/mol. The molecule has 25 heavy (non-hydrogen) atoms. The molecule has 3 aromatic rings. The van der Waals surface area contributed by atoms with Gasteiger partial charge in [-0.1, -0.05) is 12.1 Å². The zero-order valence-electron chi connectivity index (χ0n) is 13.2. The highest BCUT2D eigenvalue weighted by atomic mass is 19.1. The van der Waals surface area contributed by atoms with Crippen LogP contribution in [0.2, 0.25) is 0 Å². The van der Waals surface area contributed by atoms with Gasteiger partial charge in [0.15, 0.2) is 0 Å². The largest absolute Gasteiger partial charge is 0.497 e. The molecule has 0 aliphatic carbocycles. The first-order valence-electron chi connectivity index (χ1n) is 7.00. The molecular weight excluding hydrogens is 333 g/mol. The van der Waals surface area contributed by atoms with E-state index in [4.69, 9.17) is 9.47 Å². The molecule has 0 spiro atoms. The molecule has 0 unspecified atom stereocenters. The number of aromatic nitrogens is 4. The Kier molecular flexibility index (Phi) is 4.25. The maximum absolute atomic E-state index is 14.8. The highest BCUT2D eigenvalue weighted by Gasteiger charge is 2.29. The maximum atomic E-state index is 14.8. The highest BCUT2D eigenvalue weighted by Crippen LogP contribution is 2.45. The van der Waals surface area contributed by atoms with Gasteiger partial charge in [0, 0.05) is 5.56 Å². The Morgan fingerprint density at radius 1 is 1.16 bits per heavy atom. The second kappa shape index (κ2) is 6.51. The minimum Gasteiger partial charge on any atom is -0.497 e. The summed E-state index contributed by atoms with van der Waals surface area (Å²) in [7, 11) is 2.76. The smallest absolute Gasteiger partial charge is 0.314 e. The number of rotatable bonds is 5. The number of nitro groups is 1. The number of tetrazole rings is 1. The molecule has 128 valence electrons. The molecule has 1 heterocycles. The summed E-state index contributed by atoms with van der Waals surface area (Å²) in [6, 6.07) is 7.32. The zero-order valence-corrected chi connectivity index (χ0v) is 13.2. The van der Waals surface area contributed by atoms with Crippen molar-refractivity contribution in [3.05, 3.63) is 46.3 Å². The number of hydrogen-bond donors (Lipinski definition) is 1. The molecule has 3 rings (SSSR count). The van der Waals surface area contributed by atoms with Crippen molar-refractivity contribution in [3.8, 4) is 34.0 Å². The molecule has 0 bridgehead atoms. The van der Waals surface area contributed by atoms with Crippen molar-refractivity contribution in [2.45, 2.75) is 0 Å². The Labute approximate surface area is 140 Å². The van der Waals surface area contributed by atoms with E-state index in [1.165, 1.54) is 14.2 Å². The molecule has 10 heteroatoms. The molecule has 9 nitrogen and oxygen atoms in total. The molecule has 0 fully saturated rings. The highest BCUT2D eigenvalue weighted by molar-refractivity contribution is 5.88. The van der Waals surface area contributed by atoms with Gasteiger partial charge < -0.3 is 9.47 Å². The fourth-order valence-corrected chi connectivity index (χ4v) is 2.48. The van der Waals surface area contributed by atoms with Crippen LogP contribution in [0.15, 0.2) is 30.3 Å². The number of nitro benzene ring substituents is 1. The molecular formula is C15H12FN5O4. The maximum Gasteiger partial charge on any atom is 0.314 e. The van der Waals surface area contributed by atoms with Gasteiger partial charge in [0.25, 0.3) is 0 Å². The fraction of sp³-hybridized carbons (Fsp3) is 0.133. The second-order valence-corrected chi connectivity index (χ2v) is 4.88. The van der Waals surface area contributed by atoms with Crippen LogP contribution < -0.4 is 9.47 Å². The number of benzene rings is 2. The van der Waals surface area contributed by atoms with Gasteiger partial charge in [0.05, 0.1) is 30.8 Å². The van der Waals surface area contributed by atoms with Crippen LogP contribution in [0.4, 0.5) is 10.1 Å². The third-order valence-corrected chi connectivity index (χ3v) is 3.56. The van der Waals surface area contributed by atoms with Crippen LogP contribution >= 0.6 is 0 Å². The molecule has 2 aromatic carbocycles. The van der Waals surface area contributed by atoms with E-state index in [1.807, 2.05) is 0 Å². The summed E-state index contributed by atoms with van der Waals surface area (Å²) in [5.74, 6) is -0.402. The number of nitrogens with one attached hydrogen (secondary N) is 1. The number of methoxy groups -OCH3 is 2. The van der Waals surface area contributed by atoms with E-state index < -0.39 is 16.4 Å². The summed E-state index contributed by atoms with van der Waals surface area (Å²) in [5.41, 5.74) is 0.0166. The van der Waals surface area contributed by atoms with E-state index in [0.717, 1.165) is 6.07 Å². The van der Waals surface area contributed by atoms with Crippen LogP contribution in [-0.2, 0) is 0 Å². The lowest BCUT2D eigenvalue weighted by Gasteiger charge is -2.13. The normalized spacial score (nSPS) is 10.5. The molecule has 0 saturated carbocycles. The summed E-state index contributed by atoms with van der Waals surface area (Å²) in [4.78, 5) is 10.5.